The topological polar surface area (TPSA) is 35.5 Å². The lowest BCUT2D eigenvalue weighted by Crippen LogP contribution is -2.15. The second-order valence-corrected chi connectivity index (χ2v) is 4.63. The van der Waals surface area contributed by atoms with Crippen molar-refractivity contribution in [3.8, 4) is 5.75 Å². The van der Waals surface area contributed by atoms with E-state index >= 15 is 0 Å². The maximum atomic E-state index is 12.2. The molecule has 1 aliphatic heterocycles. The molecule has 92 valence electrons. The van der Waals surface area contributed by atoms with Crippen LogP contribution in [-0.2, 0) is 4.74 Å². The normalized spacial score (nSPS) is 23.7. The first-order valence-electron chi connectivity index (χ1n) is 5.92. The Labute approximate surface area is 102 Å². The quantitative estimate of drug-likeness (QED) is 0.754. The number of ketones is 1. The molecular formula is C14H18O3. The first-order chi connectivity index (χ1) is 8.11. The van der Waals surface area contributed by atoms with Gasteiger partial charge in [-0.25, -0.2) is 0 Å². The van der Waals surface area contributed by atoms with Crippen molar-refractivity contribution in [2.45, 2.75) is 26.4 Å². The van der Waals surface area contributed by atoms with Gasteiger partial charge in [0.15, 0.2) is 5.78 Å². The Balaban J connectivity index is 2.17. The third-order valence-corrected chi connectivity index (χ3v) is 3.25. The van der Waals surface area contributed by atoms with Crippen LogP contribution in [0, 0.1) is 12.8 Å². The van der Waals surface area contributed by atoms with E-state index in [1.54, 1.807) is 7.11 Å². The fourth-order valence-electron chi connectivity index (χ4n) is 2.27. The smallest absolute Gasteiger partial charge is 0.168 e. The molecule has 0 aliphatic carbocycles. The molecule has 2 rings (SSSR count). The summed E-state index contributed by atoms with van der Waals surface area (Å²) in [6.45, 7) is 4.50. The summed E-state index contributed by atoms with van der Waals surface area (Å²) in [7, 11) is 1.64. The fourth-order valence-corrected chi connectivity index (χ4v) is 2.27. The molecule has 0 spiro atoms. The van der Waals surface area contributed by atoms with E-state index in [2.05, 4.69) is 0 Å². The largest absolute Gasteiger partial charge is 0.496 e. The van der Waals surface area contributed by atoms with Crippen LogP contribution in [0.15, 0.2) is 18.2 Å². The van der Waals surface area contributed by atoms with Gasteiger partial charge in [-0.05, 0) is 44.0 Å². The highest BCUT2D eigenvalue weighted by molar-refractivity contribution is 5.98. The Morgan fingerprint density at radius 1 is 1.47 bits per heavy atom. The zero-order valence-corrected chi connectivity index (χ0v) is 10.5. The van der Waals surface area contributed by atoms with E-state index in [1.807, 2.05) is 32.0 Å². The Kier molecular flexibility index (Phi) is 3.48. The minimum absolute atomic E-state index is 0.0118. The molecule has 0 bridgehead atoms. The minimum Gasteiger partial charge on any atom is -0.496 e. The second-order valence-electron chi connectivity index (χ2n) is 4.63. The molecule has 1 aromatic carbocycles. The average molecular weight is 234 g/mol. The standard InChI is InChI=1S/C14H18O3/c1-9-6-11(4-5-13(9)16-3)14(15)12-7-10(2)17-8-12/h4-6,10,12H,7-8H2,1-3H3. The molecule has 0 amide bonds. The van der Waals surface area contributed by atoms with E-state index in [4.69, 9.17) is 9.47 Å². The third-order valence-electron chi connectivity index (χ3n) is 3.25. The summed E-state index contributed by atoms with van der Waals surface area (Å²) in [6.07, 6.45) is 1.02. The maximum absolute atomic E-state index is 12.2. The molecule has 1 aliphatic rings. The Morgan fingerprint density at radius 2 is 2.24 bits per heavy atom. The van der Waals surface area contributed by atoms with Crippen LogP contribution in [0.5, 0.6) is 5.75 Å². The first kappa shape index (κ1) is 12.1. The molecule has 1 saturated heterocycles. The van der Waals surface area contributed by atoms with Gasteiger partial charge in [0, 0.05) is 11.5 Å². The van der Waals surface area contributed by atoms with Gasteiger partial charge in [0.2, 0.25) is 0 Å². The molecule has 0 radical (unpaired) electrons. The predicted molar refractivity (Wildman–Crippen MR) is 65.6 cm³/mol. The van der Waals surface area contributed by atoms with Gasteiger partial charge in [0.05, 0.1) is 19.8 Å². The van der Waals surface area contributed by atoms with Gasteiger partial charge in [0.1, 0.15) is 5.75 Å². The van der Waals surface area contributed by atoms with Crippen molar-refractivity contribution in [2.75, 3.05) is 13.7 Å². The van der Waals surface area contributed by atoms with Crippen LogP contribution >= 0.6 is 0 Å². The van der Waals surface area contributed by atoms with Crippen molar-refractivity contribution < 1.29 is 14.3 Å². The highest BCUT2D eigenvalue weighted by Crippen LogP contribution is 2.25. The summed E-state index contributed by atoms with van der Waals surface area (Å²) in [5.74, 6) is 1.01. The fraction of sp³-hybridized carbons (Fsp3) is 0.500. The lowest BCUT2D eigenvalue weighted by Gasteiger charge is -2.09. The Hall–Kier alpha value is -1.35. The van der Waals surface area contributed by atoms with E-state index in [9.17, 15) is 4.79 Å². The first-order valence-corrected chi connectivity index (χ1v) is 5.92. The molecule has 1 aromatic rings. The van der Waals surface area contributed by atoms with Crippen molar-refractivity contribution in [2.24, 2.45) is 5.92 Å². The summed E-state index contributed by atoms with van der Waals surface area (Å²) in [5, 5.41) is 0. The van der Waals surface area contributed by atoms with Crippen LogP contribution < -0.4 is 4.74 Å². The molecule has 0 saturated carbocycles. The van der Waals surface area contributed by atoms with Crippen LogP contribution in [0.4, 0.5) is 0 Å². The van der Waals surface area contributed by atoms with Gasteiger partial charge < -0.3 is 9.47 Å². The lowest BCUT2D eigenvalue weighted by molar-refractivity contribution is 0.0877. The van der Waals surface area contributed by atoms with Crippen LogP contribution in [0.1, 0.15) is 29.3 Å². The van der Waals surface area contributed by atoms with Crippen molar-refractivity contribution >= 4 is 5.78 Å². The molecule has 2 unspecified atom stereocenters. The van der Waals surface area contributed by atoms with E-state index in [-0.39, 0.29) is 17.8 Å². The van der Waals surface area contributed by atoms with Gasteiger partial charge in [-0.15, -0.1) is 0 Å². The Morgan fingerprint density at radius 3 is 2.76 bits per heavy atom. The highest BCUT2D eigenvalue weighted by atomic mass is 16.5. The van der Waals surface area contributed by atoms with E-state index in [0.717, 1.165) is 23.3 Å². The number of ether oxygens (including phenoxy) is 2. The monoisotopic (exact) mass is 234 g/mol. The van der Waals surface area contributed by atoms with Gasteiger partial charge in [0.25, 0.3) is 0 Å². The number of benzene rings is 1. The van der Waals surface area contributed by atoms with E-state index < -0.39 is 0 Å². The Bertz CT molecular complexity index is 425. The number of carbonyl (C=O) groups is 1. The van der Waals surface area contributed by atoms with Crippen molar-refractivity contribution in [1.82, 2.24) is 0 Å². The molecule has 1 fully saturated rings. The number of aryl methyl sites for hydroxylation is 1. The highest BCUT2D eigenvalue weighted by Gasteiger charge is 2.29. The molecular weight excluding hydrogens is 216 g/mol. The van der Waals surface area contributed by atoms with Crippen molar-refractivity contribution in [3.63, 3.8) is 0 Å². The zero-order chi connectivity index (χ0) is 12.4. The summed E-state index contributed by atoms with van der Waals surface area (Å²) >= 11 is 0. The number of carbonyl (C=O) groups excluding carboxylic acids is 1. The molecule has 0 aromatic heterocycles. The maximum Gasteiger partial charge on any atom is 0.168 e. The summed E-state index contributed by atoms with van der Waals surface area (Å²) < 4.78 is 10.6. The molecule has 3 nitrogen and oxygen atoms in total. The van der Waals surface area contributed by atoms with Gasteiger partial charge in [-0.3, -0.25) is 4.79 Å². The molecule has 0 N–H and O–H groups in total. The predicted octanol–water partition coefficient (Wildman–Crippen LogP) is 2.61. The number of hydrogen-bond acceptors (Lipinski definition) is 3. The molecule has 3 heteroatoms. The second kappa shape index (κ2) is 4.88. The number of rotatable bonds is 3. The summed E-state index contributed by atoms with van der Waals surface area (Å²) in [6, 6.07) is 5.57. The number of hydrogen-bond donors (Lipinski definition) is 0. The van der Waals surface area contributed by atoms with Gasteiger partial charge in [-0.2, -0.15) is 0 Å². The van der Waals surface area contributed by atoms with Crippen LogP contribution in [-0.4, -0.2) is 25.6 Å². The third kappa shape index (κ3) is 2.50. The molecule has 2 atom stereocenters. The van der Waals surface area contributed by atoms with E-state index in [1.165, 1.54) is 0 Å². The van der Waals surface area contributed by atoms with Crippen LogP contribution in [0.2, 0.25) is 0 Å². The average Bonchev–Trinajstić information content (AvgIpc) is 2.75. The lowest BCUT2D eigenvalue weighted by atomic mass is 9.94. The van der Waals surface area contributed by atoms with E-state index in [0.29, 0.717) is 6.61 Å². The SMILES string of the molecule is COc1ccc(C(=O)C2COC(C)C2)cc1C. The zero-order valence-electron chi connectivity index (χ0n) is 10.5. The van der Waals surface area contributed by atoms with Gasteiger partial charge in [-0.1, -0.05) is 0 Å². The molecule has 17 heavy (non-hydrogen) atoms. The van der Waals surface area contributed by atoms with Gasteiger partial charge >= 0.3 is 0 Å². The number of methoxy groups -OCH3 is 1. The summed E-state index contributed by atoms with van der Waals surface area (Å²) in [4.78, 5) is 12.2. The van der Waals surface area contributed by atoms with Crippen molar-refractivity contribution in [3.05, 3.63) is 29.3 Å². The van der Waals surface area contributed by atoms with Crippen molar-refractivity contribution in [1.29, 1.82) is 0 Å². The van der Waals surface area contributed by atoms with Crippen LogP contribution in [0.25, 0.3) is 0 Å². The summed E-state index contributed by atoms with van der Waals surface area (Å²) in [5.41, 5.74) is 1.75. The van der Waals surface area contributed by atoms with Crippen LogP contribution in [0.3, 0.4) is 0 Å². The minimum atomic E-state index is 0.0118. The molecule has 1 heterocycles. The number of Topliss-reactive ketones (excluding diaryl/α,β-unsaturated/α-hetero) is 1.